The maximum absolute atomic E-state index is 13.2. The molecule has 0 spiro atoms. The molecule has 0 aliphatic carbocycles. The zero-order valence-electron chi connectivity index (χ0n) is 31.8. The number of anilines is 1. The van der Waals surface area contributed by atoms with E-state index in [1.54, 1.807) is 67.9 Å². The standard InChI is InChI=1S/C37H33N3O6.C9H12O/c1-2-36(42)45-22-8-4-3-7-21-44-30-16-12-28(13-17-30)37(43)46-34-19-14-29-23-26(25-41)11-18-31(29)32(34)24-38-40-35-20-15-27-9-5-6-10-33(27)39-35;1-7-4-5-9(10-3)8(2)6-7/h2,5-6,9-20,23-25H,1,3-4,7-8,21-22H2,(H,39,40);4-6H,1-3H3/b38-24+;. The first-order valence-electron chi connectivity index (χ1n) is 18.3. The highest BCUT2D eigenvalue weighted by molar-refractivity contribution is 6.05. The number of hydrazone groups is 1. The molecule has 0 aliphatic rings. The Kier molecular flexibility index (Phi) is 14.8. The second kappa shape index (κ2) is 20.6. The van der Waals surface area contributed by atoms with Gasteiger partial charge in [-0.15, -0.1) is 0 Å². The average molecular weight is 752 g/mol. The van der Waals surface area contributed by atoms with E-state index >= 15 is 0 Å². The first-order chi connectivity index (χ1) is 27.3. The van der Waals surface area contributed by atoms with Crippen molar-refractivity contribution >= 4 is 51.9 Å². The van der Waals surface area contributed by atoms with Gasteiger partial charge in [-0.05, 0) is 117 Å². The molecule has 56 heavy (non-hydrogen) atoms. The van der Waals surface area contributed by atoms with Crippen molar-refractivity contribution in [3.8, 4) is 17.2 Å². The molecule has 286 valence electrons. The summed E-state index contributed by atoms with van der Waals surface area (Å²) < 4.78 is 21.7. The molecule has 6 aromatic rings. The molecule has 0 amide bonds. The minimum atomic E-state index is -0.536. The highest BCUT2D eigenvalue weighted by Crippen LogP contribution is 2.29. The molecular formula is C46H45N3O7. The number of unbranched alkanes of at least 4 members (excludes halogenated alkanes) is 3. The Morgan fingerprint density at radius 3 is 2.30 bits per heavy atom. The second-order valence-corrected chi connectivity index (χ2v) is 12.9. The van der Waals surface area contributed by atoms with Gasteiger partial charge in [-0.2, -0.15) is 5.10 Å². The summed E-state index contributed by atoms with van der Waals surface area (Å²) in [6.45, 7) is 8.41. The van der Waals surface area contributed by atoms with Crippen molar-refractivity contribution in [3.05, 3.63) is 150 Å². The fourth-order valence-electron chi connectivity index (χ4n) is 5.79. The van der Waals surface area contributed by atoms with E-state index in [1.165, 1.54) is 11.1 Å². The summed E-state index contributed by atoms with van der Waals surface area (Å²) in [6.07, 6.45) is 7.03. The number of fused-ring (bicyclic) bond motifs is 2. The molecule has 10 heteroatoms. The quantitative estimate of drug-likeness (QED) is 0.0196. The second-order valence-electron chi connectivity index (χ2n) is 12.9. The van der Waals surface area contributed by atoms with Crippen molar-refractivity contribution in [2.24, 2.45) is 5.10 Å². The Morgan fingerprint density at radius 2 is 1.55 bits per heavy atom. The van der Waals surface area contributed by atoms with Crippen LogP contribution in [0.2, 0.25) is 0 Å². The smallest absolute Gasteiger partial charge is 0.343 e. The first-order valence-corrected chi connectivity index (χ1v) is 18.3. The van der Waals surface area contributed by atoms with Gasteiger partial charge >= 0.3 is 11.9 Å². The lowest BCUT2D eigenvalue weighted by Crippen LogP contribution is -2.10. The third kappa shape index (κ3) is 11.6. The van der Waals surface area contributed by atoms with Gasteiger partial charge in [-0.1, -0.05) is 60.7 Å². The number of para-hydroxylation sites is 1. The Morgan fingerprint density at radius 1 is 0.804 bits per heavy atom. The summed E-state index contributed by atoms with van der Waals surface area (Å²) in [5.41, 5.74) is 7.72. The van der Waals surface area contributed by atoms with Gasteiger partial charge in [-0.3, -0.25) is 10.2 Å². The van der Waals surface area contributed by atoms with Gasteiger partial charge in [0.15, 0.2) is 0 Å². The van der Waals surface area contributed by atoms with Crippen LogP contribution in [0.15, 0.2) is 127 Å². The number of benzene rings is 5. The van der Waals surface area contributed by atoms with E-state index in [2.05, 4.69) is 35.1 Å². The van der Waals surface area contributed by atoms with Crippen LogP contribution in [0.1, 0.15) is 63.1 Å². The molecule has 0 bridgehead atoms. The number of nitrogens with zero attached hydrogens (tertiary/aromatic N) is 2. The Hall–Kier alpha value is -6.81. The molecule has 1 N–H and O–H groups in total. The Labute approximate surface area is 326 Å². The summed E-state index contributed by atoms with van der Waals surface area (Å²) >= 11 is 0. The van der Waals surface area contributed by atoms with Gasteiger partial charge in [0.2, 0.25) is 0 Å². The number of ether oxygens (including phenoxy) is 4. The molecule has 0 unspecified atom stereocenters. The van der Waals surface area contributed by atoms with Crippen molar-refractivity contribution in [3.63, 3.8) is 0 Å². The number of methoxy groups -OCH3 is 1. The number of carbonyl (C=O) groups is 3. The van der Waals surface area contributed by atoms with Crippen molar-refractivity contribution in [2.75, 3.05) is 25.7 Å². The third-order valence-electron chi connectivity index (χ3n) is 8.71. The van der Waals surface area contributed by atoms with Gasteiger partial charge in [0.25, 0.3) is 0 Å². The van der Waals surface area contributed by atoms with Crippen LogP contribution in [0, 0.1) is 13.8 Å². The van der Waals surface area contributed by atoms with Crippen LogP contribution in [-0.4, -0.2) is 49.7 Å². The van der Waals surface area contributed by atoms with Crippen molar-refractivity contribution in [1.29, 1.82) is 0 Å². The molecule has 1 heterocycles. The summed E-state index contributed by atoms with van der Waals surface area (Å²) in [6, 6.07) is 33.3. The van der Waals surface area contributed by atoms with Gasteiger partial charge in [-0.25, -0.2) is 14.6 Å². The maximum Gasteiger partial charge on any atom is 0.343 e. The number of nitrogens with one attached hydrogen (secondary N) is 1. The number of pyridine rings is 1. The SMILES string of the molecule is C=CC(=O)OCCCCCCOc1ccc(C(=O)Oc2ccc3cc(C=O)ccc3c2/C=N/Nc2ccc3ccccc3n2)cc1.COc1ccc(C)cc1C. The monoisotopic (exact) mass is 751 g/mol. The molecule has 10 nitrogen and oxygen atoms in total. The van der Waals surface area contributed by atoms with E-state index in [9.17, 15) is 14.4 Å². The number of aryl methyl sites for hydroxylation is 2. The molecule has 1 aromatic heterocycles. The average Bonchev–Trinajstić information content (AvgIpc) is 3.22. The molecule has 5 aromatic carbocycles. The van der Waals surface area contributed by atoms with Crippen molar-refractivity contribution in [2.45, 2.75) is 39.5 Å². The van der Waals surface area contributed by atoms with Crippen molar-refractivity contribution in [1.82, 2.24) is 4.98 Å². The number of hydrogen-bond donors (Lipinski definition) is 1. The zero-order valence-corrected chi connectivity index (χ0v) is 31.8. The number of aromatic nitrogens is 1. The van der Waals surface area contributed by atoms with E-state index in [0.717, 1.165) is 65.5 Å². The number of aldehydes is 1. The first kappa shape index (κ1) is 40.4. The molecule has 0 atom stereocenters. The Balaban J connectivity index is 0.000000522. The lowest BCUT2D eigenvalue weighted by molar-refractivity contribution is -0.137. The minimum absolute atomic E-state index is 0.313. The van der Waals surface area contributed by atoms with Crippen LogP contribution < -0.4 is 19.6 Å². The molecule has 0 saturated heterocycles. The van der Waals surface area contributed by atoms with Crippen LogP contribution in [0.25, 0.3) is 21.7 Å². The van der Waals surface area contributed by atoms with Crippen LogP contribution in [-0.2, 0) is 9.53 Å². The maximum atomic E-state index is 13.2. The van der Waals surface area contributed by atoms with E-state index in [1.807, 2.05) is 55.5 Å². The van der Waals surface area contributed by atoms with Crippen LogP contribution in [0.3, 0.4) is 0 Å². The van der Waals surface area contributed by atoms with Crippen LogP contribution in [0.5, 0.6) is 17.2 Å². The van der Waals surface area contributed by atoms with Crippen LogP contribution in [0.4, 0.5) is 5.82 Å². The highest BCUT2D eigenvalue weighted by Gasteiger charge is 2.14. The van der Waals surface area contributed by atoms with Gasteiger partial charge < -0.3 is 18.9 Å². The normalized spacial score (nSPS) is 10.7. The number of rotatable bonds is 16. The predicted molar refractivity (Wildman–Crippen MR) is 221 cm³/mol. The third-order valence-corrected chi connectivity index (χ3v) is 8.71. The summed E-state index contributed by atoms with van der Waals surface area (Å²) in [5, 5.41) is 6.97. The fraction of sp³-hybridized carbons (Fsp3) is 0.196. The summed E-state index contributed by atoms with van der Waals surface area (Å²) in [7, 11) is 1.69. The predicted octanol–water partition coefficient (Wildman–Crippen LogP) is 9.85. The summed E-state index contributed by atoms with van der Waals surface area (Å²) in [4.78, 5) is 40.2. The Bertz CT molecular complexity index is 2320. The van der Waals surface area contributed by atoms with E-state index in [-0.39, 0.29) is 0 Å². The molecule has 0 saturated carbocycles. The van der Waals surface area contributed by atoms with E-state index < -0.39 is 11.9 Å². The topological polar surface area (TPSA) is 125 Å². The largest absolute Gasteiger partial charge is 0.496 e. The molecule has 6 rings (SSSR count). The zero-order chi connectivity index (χ0) is 39.7. The molecule has 0 radical (unpaired) electrons. The van der Waals surface area contributed by atoms with E-state index in [0.29, 0.717) is 47.2 Å². The lowest BCUT2D eigenvalue weighted by Gasteiger charge is -2.12. The van der Waals surface area contributed by atoms with Gasteiger partial charge in [0.05, 0.1) is 37.6 Å². The fourth-order valence-corrected chi connectivity index (χ4v) is 5.79. The molecular weight excluding hydrogens is 707 g/mol. The highest BCUT2D eigenvalue weighted by atomic mass is 16.5. The number of carbonyl (C=O) groups excluding carboxylic acids is 3. The van der Waals surface area contributed by atoms with Gasteiger partial charge in [0.1, 0.15) is 29.4 Å². The number of hydrogen-bond acceptors (Lipinski definition) is 10. The van der Waals surface area contributed by atoms with Gasteiger partial charge in [0, 0.05) is 22.6 Å². The van der Waals surface area contributed by atoms with Crippen molar-refractivity contribution < 1.29 is 33.3 Å². The summed E-state index contributed by atoms with van der Waals surface area (Å²) in [5.74, 6) is 1.55. The molecule has 0 aliphatic heterocycles. The minimum Gasteiger partial charge on any atom is -0.496 e. The lowest BCUT2D eigenvalue weighted by atomic mass is 10.0. The number of esters is 2. The molecule has 0 fully saturated rings. The van der Waals surface area contributed by atoms with Crippen LogP contribution >= 0.6 is 0 Å². The van der Waals surface area contributed by atoms with E-state index in [4.69, 9.17) is 18.9 Å².